The van der Waals surface area contributed by atoms with Gasteiger partial charge in [-0.2, -0.15) is 0 Å². The van der Waals surface area contributed by atoms with Crippen LogP contribution < -0.4 is 5.73 Å². The van der Waals surface area contributed by atoms with Crippen LogP contribution in [0.1, 0.15) is 55.5 Å². The van der Waals surface area contributed by atoms with Crippen molar-refractivity contribution in [1.82, 2.24) is 0 Å². The first kappa shape index (κ1) is 13.3. The van der Waals surface area contributed by atoms with Crippen LogP contribution in [0.5, 0.6) is 0 Å². The third kappa shape index (κ3) is 2.35. The molecule has 1 saturated carbocycles. The first-order valence-corrected chi connectivity index (χ1v) is 6.97. The number of hydrogen-bond acceptors (Lipinski definition) is 2. The molecule has 1 aromatic rings. The number of Topliss-reactive ketones (excluding diaryl/α,β-unsaturated/α-hetero) is 1. The minimum absolute atomic E-state index is 0.0142. The summed E-state index contributed by atoms with van der Waals surface area (Å²) in [4.78, 5) is 12.6. The molecule has 0 heterocycles. The van der Waals surface area contributed by atoms with Crippen molar-refractivity contribution in [3.63, 3.8) is 0 Å². The molecule has 1 fully saturated rings. The summed E-state index contributed by atoms with van der Waals surface area (Å²) in [6, 6.07) is 8.08. The van der Waals surface area contributed by atoms with Gasteiger partial charge in [-0.05, 0) is 24.8 Å². The Balaban J connectivity index is 2.18. The van der Waals surface area contributed by atoms with Gasteiger partial charge in [-0.3, -0.25) is 4.79 Å². The zero-order valence-corrected chi connectivity index (χ0v) is 11.4. The highest BCUT2D eigenvalue weighted by Gasteiger charge is 2.42. The lowest BCUT2D eigenvalue weighted by Gasteiger charge is -2.27. The summed E-state index contributed by atoms with van der Waals surface area (Å²) < 4.78 is 0. The van der Waals surface area contributed by atoms with E-state index in [0.717, 1.165) is 37.7 Å². The van der Waals surface area contributed by atoms with Crippen molar-refractivity contribution in [2.45, 2.75) is 52.0 Å². The normalized spacial score (nSPS) is 27.4. The predicted octanol–water partition coefficient (Wildman–Crippen LogP) is 3.34. The minimum Gasteiger partial charge on any atom is -0.327 e. The quantitative estimate of drug-likeness (QED) is 0.827. The third-order valence-electron chi connectivity index (χ3n) is 4.30. The molecule has 2 heteroatoms. The molecule has 2 nitrogen and oxygen atoms in total. The number of hydrogen-bond donors (Lipinski definition) is 1. The van der Waals surface area contributed by atoms with Gasteiger partial charge >= 0.3 is 0 Å². The van der Waals surface area contributed by atoms with Gasteiger partial charge in [-0.1, -0.05) is 51.0 Å². The van der Waals surface area contributed by atoms with Crippen LogP contribution in [0.2, 0.25) is 0 Å². The second-order valence-electron chi connectivity index (χ2n) is 5.69. The van der Waals surface area contributed by atoms with E-state index in [-0.39, 0.29) is 17.2 Å². The molecule has 18 heavy (non-hydrogen) atoms. The standard InChI is InChI=1S/C16H23NO/c1-3-5-12-7-9-13(10-8-12)15(18)16(2)11-4-6-14(16)17/h7-10,14H,3-6,11,17H2,1-2H3. The second-order valence-corrected chi connectivity index (χ2v) is 5.69. The SMILES string of the molecule is CCCc1ccc(C(=O)C2(C)CCCC2N)cc1. The molecule has 2 rings (SSSR count). The van der Waals surface area contributed by atoms with Crippen LogP contribution in [0.4, 0.5) is 0 Å². The zero-order valence-electron chi connectivity index (χ0n) is 11.4. The highest BCUT2D eigenvalue weighted by atomic mass is 16.1. The second kappa shape index (κ2) is 5.23. The van der Waals surface area contributed by atoms with Crippen LogP contribution in [-0.4, -0.2) is 11.8 Å². The number of nitrogens with two attached hydrogens (primary N) is 1. The van der Waals surface area contributed by atoms with E-state index in [1.165, 1.54) is 5.56 Å². The lowest BCUT2D eigenvalue weighted by atomic mass is 9.78. The van der Waals surface area contributed by atoms with Crippen molar-refractivity contribution in [3.8, 4) is 0 Å². The van der Waals surface area contributed by atoms with Gasteiger partial charge in [0.25, 0.3) is 0 Å². The summed E-state index contributed by atoms with van der Waals surface area (Å²) in [5, 5.41) is 0. The number of rotatable bonds is 4. The molecule has 2 N–H and O–H groups in total. The van der Waals surface area contributed by atoms with E-state index in [1.807, 2.05) is 19.1 Å². The van der Waals surface area contributed by atoms with E-state index in [1.54, 1.807) is 0 Å². The average molecular weight is 245 g/mol. The van der Waals surface area contributed by atoms with E-state index < -0.39 is 0 Å². The Hall–Kier alpha value is -1.15. The van der Waals surface area contributed by atoms with Gasteiger partial charge in [0.1, 0.15) is 0 Å². The summed E-state index contributed by atoms with van der Waals surface area (Å²) in [6.07, 6.45) is 5.17. The van der Waals surface area contributed by atoms with Gasteiger partial charge < -0.3 is 5.73 Å². The van der Waals surface area contributed by atoms with Crippen LogP contribution in [-0.2, 0) is 6.42 Å². The van der Waals surface area contributed by atoms with Crippen molar-refractivity contribution in [2.24, 2.45) is 11.1 Å². The molecule has 0 bridgehead atoms. The largest absolute Gasteiger partial charge is 0.327 e. The van der Waals surface area contributed by atoms with Crippen molar-refractivity contribution < 1.29 is 4.79 Å². The Morgan fingerprint density at radius 3 is 2.56 bits per heavy atom. The molecule has 2 unspecified atom stereocenters. The number of ketones is 1. The summed E-state index contributed by atoms with van der Waals surface area (Å²) in [5.74, 6) is 0.218. The molecule has 2 atom stereocenters. The van der Waals surface area contributed by atoms with Crippen molar-refractivity contribution >= 4 is 5.78 Å². The molecule has 0 aliphatic heterocycles. The van der Waals surface area contributed by atoms with Crippen LogP contribution in [0.15, 0.2) is 24.3 Å². The zero-order chi connectivity index (χ0) is 13.2. The first-order chi connectivity index (χ1) is 8.58. The molecule has 0 spiro atoms. The molecule has 0 radical (unpaired) electrons. The van der Waals surface area contributed by atoms with Gasteiger partial charge in [-0.25, -0.2) is 0 Å². The number of benzene rings is 1. The average Bonchev–Trinajstić information content (AvgIpc) is 2.71. The molecule has 1 aliphatic rings. The Morgan fingerprint density at radius 1 is 1.39 bits per heavy atom. The van der Waals surface area contributed by atoms with E-state index in [2.05, 4.69) is 19.1 Å². The molecule has 1 aliphatic carbocycles. The first-order valence-electron chi connectivity index (χ1n) is 6.97. The van der Waals surface area contributed by atoms with E-state index in [9.17, 15) is 4.79 Å². The van der Waals surface area contributed by atoms with Gasteiger partial charge in [0.15, 0.2) is 5.78 Å². The lowest BCUT2D eigenvalue weighted by molar-refractivity contribution is 0.0802. The number of aryl methyl sites for hydroxylation is 1. The summed E-state index contributed by atoms with van der Waals surface area (Å²) in [7, 11) is 0. The van der Waals surface area contributed by atoms with Gasteiger partial charge in [0, 0.05) is 17.0 Å². The van der Waals surface area contributed by atoms with Crippen molar-refractivity contribution in [1.29, 1.82) is 0 Å². The highest BCUT2D eigenvalue weighted by molar-refractivity contribution is 6.01. The molecule has 0 aromatic heterocycles. The maximum Gasteiger partial charge on any atom is 0.170 e. The monoisotopic (exact) mass is 245 g/mol. The lowest BCUT2D eigenvalue weighted by Crippen LogP contribution is -2.41. The smallest absolute Gasteiger partial charge is 0.170 e. The Morgan fingerprint density at radius 2 is 2.06 bits per heavy atom. The minimum atomic E-state index is -0.355. The fourth-order valence-corrected chi connectivity index (χ4v) is 2.92. The molecule has 98 valence electrons. The Bertz CT molecular complexity index is 423. The molecule has 0 saturated heterocycles. The third-order valence-corrected chi connectivity index (χ3v) is 4.30. The van der Waals surface area contributed by atoms with Gasteiger partial charge in [0.05, 0.1) is 0 Å². The van der Waals surface area contributed by atoms with Gasteiger partial charge in [-0.15, -0.1) is 0 Å². The molecule has 1 aromatic carbocycles. The molecular weight excluding hydrogens is 222 g/mol. The Labute approximate surface area is 110 Å². The van der Waals surface area contributed by atoms with E-state index in [0.29, 0.717) is 0 Å². The predicted molar refractivity (Wildman–Crippen MR) is 74.7 cm³/mol. The maximum absolute atomic E-state index is 12.6. The van der Waals surface area contributed by atoms with Crippen molar-refractivity contribution in [3.05, 3.63) is 35.4 Å². The topological polar surface area (TPSA) is 43.1 Å². The highest BCUT2D eigenvalue weighted by Crippen LogP contribution is 2.39. The van der Waals surface area contributed by atoms with Crippen LogP contribution in [0.25, 0.3) is 0 Å². The Kier molecular flexibility index (Phi) is 3.86. The summed E-state index contributed by atoms with van der Waals surface area (Å²) in [5.41, 5.74) is 7.87. The fourth-order valence-electron chi connectivity index (χ4n) is 2.92. The fraction of sp³-hybridized carbons (Fsp3) is 0.562. The van der Waals surface area contributed by atoms with E-state index >= 15 is 0 Å². The maximum atomic E-state index is 12.6. The summed E-state index contributed by atoms with van der Waals surface area (Å²) in [6.45, 7) is 4.19. The summed E-state index contributed by atoms with van der Waals surface area (Å²) >= 11 is 0. The van der Waals surface area contributed by atoms with Crippen molar-refractivity contribution in [2.75, 3.05) is 0 Å². The van der Waals surface area contributed by atoms with E-state index in [4.69, 9.17) is 5.73 Å². The van der Waals surface area contributed by atoms with Crippen LogP contribution in [0, 0.1) is 5.41 Å². The molecular formula is C16H23NO. The number of carbonyl (C=O) groups is 1. The van der Waals surface area contributed by atoms with Gasteiger partial charge in [0.2, 0.25) is 0 Å². The number of carbonyl (C=O) groups excluding carboxylic acids is 1. The van der Waals surface area contributed by atoms with Crippen LogP contribution in [0.3, 0.4) is 0 Å². The van der Waals surface area contributed by atoms with Crippen LogP contribution >= 0.6 is 0 Å². The molecule has 0 amide bonds.